The second-order valence-corrected chi connectivity index (χ2v) is 9.85. The maximum Gasteiger partial charge on any atom is 0.261 e. The molecule has 0 unspecified atom stereocenters. The Labute approximate surface area is 220 Å². The number of pyridine rings is 3. The summed E-state index contributed by atoms with van der Waals surface area (Å²) in [5, 5.41) is 8.31. The minimum Gasteiger partial charge on any atom is -0.353 e. The number of aromatic nitrogens is 6. The molecular formula is C29H22F3N7. The number of hydrogen-bond acceptors (Lipinski definition) is 5. The lowest BCUT2D eigenvalue weighted by Gasteiger charge is -2.15. The van der Waals surface area contributed by atoms with Crippen LogP contribution in [0.2, 0.25) is 0 Å². The molecule has 0 radical (unpaired) electrons. The zero-order valence-corrected chi connectivity index (χ0v) is 20.6. The third-order valence-electron chi connectivity index (χ3n) is 7.09. The first-order chi connectivity index (χ1) is 18.9. The summed E-state index contributed by atoms with van der Waals surface area (Å²) in [6.07, 6.45) is 4.94. The van der Waals surface area contributed by atoms with Crippen molar-refractivity contribution >= 4 is 21.9 Å². The van der Waals surface area contributed by atoms with E-state index in [-0.39, 0.29) is 18.8 Å². The third-order valence-corrected chi connectivity index (χ3v) is 7.09. The van der Waals surface area contributed by atoms with Gasteiger partial charge in [0.15, 0.2) is 0 Å². The zero-order valence-electron chi connectivity index (χ0n) is 20.6. The van der Waals surface area contributed by atoms with Gasteiger partial charge in [-0.2, -0.15) is 5.10 Å². The van der Waals surface area contributed by atoms with Crippen LogP contribution in [0.15, 0.2) is 73.2 Å². The fourth-order valence-corrected chi connectivity index (χ4v) is 5.21. The van der Waals surface area contributed by atoms with E-state index in [1.54, 1.807) is 41.7 Å². The van der Waals surface area contributed by atoms with Crippen molar-refractivity contribution in [2.24, 2.45) is 0 Å². The number of nitrogens with zero attached hydrogens (tertiary/aromatic N) is 5. The molecule has 1 aromatic carbocycles. The molecule has 7 nitrogen and oxygen atoms in total. The molecule has 1 aliphatic rings. The lowest BCUT2D eigenvalue weighted by molar-refractivity contribution is 0.0115. The summed E-state index contributed by atoms with van der Waals surface area (Å²) in [4.78, 5) is 18.8. The average molecular weight is 526 g/mol. The predicted molar refractivity (Wildman–Crippen MR) is 142 cm³/mol. The maximum atomic E-state index is 14.6. The van der Waals surface area contributed by atoms with Crippen LogP contribution in [0.25, 0.3) is 55.8 Å². The lowest BCUT2D eigenvalue weighted by Crippen LogP contribution is -2.24. The highest BCUT2D eigenvalue weighted by Gasteiger charge is 2.37. The Morgan fingerprint density at radius 2 is 1.87 bits per heavy atom. The van der Waals surface area contributed by atoms with Crippen molar-refractivity contribution in [2.75, 3.05) is 13.1 Å². The van der Waals surface area contributed by atoms with Gasteiger partial charge in [-0.25, -0.2) is 18.2 Å². The first-order valence-corrected chi connectivity index (χ1v) is 12.6. The van der Waals surface area contributed by atoms with Gasteiger partial charge in [0.2, 0.25) is 0 Å². The van der Waals surface area contributed by atoms with Crippen molar-refractivity contribution in [1.82, 2.24) is 35.0 Å². The molecule has 39 heavy (non-hydrogen) atoms. The van der Waals surface area contributed by atoms with Gasteiger partial charge >= 0.3 is 0 Å². The van der Waals surface area contributed by atoms with Crippen molar-refractivity contribution in [3.05, 3.63) is 84.6 Å². The zero-order chi connectivity index (χ0) is 26.6. The van der Waals surface area contributed by atoms with Gasteiger partial charge in [-0.3, -0.25) is 20.0 Å². The van der Waals surface area contributed by atoms with Gasteiger partial charge in [0.1, 0.15) is 17.0 Å². The van der Waals surface area contributed by atoms with E-state index in [9.17, 15) is 13.2 Å². The van der Waals surface area contributed by atoms with E-state index in [0.717, 1.165) is 27.5 Å². The van der Waals surface area contributed by atoms with E-state index >= 15 is 0 Å². The largest absolute Gasteiger partial charge is 0.353 e. The quantitative estimate of drug-likeness (QED) is 0.280. The van der Waals surface area contributed by atoms with Crippen LogP contribution in [0, 0.1) is 5.82 Å². The molecule has 7 rings (SSSR count). The normalized spacial score (nSPS) is 15.5. The molecule has 0 bridgehead atoms. The van der Waals surface area contributed by atoms with E-state index in [0.29, 0.717) is 46.9 Å². The van der Waals surface area contributed by atoms with Crippen LogP contribution in [0.5, 0.6) is 0 Å². The van der Waals surface area contributed by atoms with Gasteiger partial charge in [0, 0.05) is 60.1 Å². The number of hydrogen-bond donors (Lipinski definition) is 2. The van der Waals surface area contributed by atoms with Crippen LogP contribution in [0.4, 0.5) is 13.2 Å². The van der Waals surface area contributed by atoms with Gasteiger partial charge < -0.3 is 4.98 Å². The Morgan fingerprint density at radius 1 is 0.974 bits per heavy atom. The number of H-pyrrole nitrogens is 2. The molecule has 1 fully saturated rings. The Balaban J connectivity index is 1.25. The van der Waals surface area contributed by atoms with Gasteiger partial charge in [-0.15, -0.1) is 0 Å². The molecule has 0 amide bonds. The second-order valence-electron chi connectivity index (χ2n) is 9.85. The molecular weight excluding hydrogens is 503 g/mol. The minimum atomic E-state index is -2.63. The second kappa shape index (κ2) is 9.02. The molecule has 1 aliphatic heterocycles. The summed E-state index contributed by atoms with van der Waals surface area (Å²) in [6.45, 7) is 0.528. The van der Waals surface area contributed by atoms with Crippen LogP contribution in [-0.4, -0.2) is 54.0 Å². The molecule has 194 valence electrons. The molecule has 0 atom stereocenters. The SMILES string of the molecule is Fc1ccccc1-c1nccc2[nH]c(-c3n[nH]c4ccc(-c5cncc(CN6CCC(F)(F)C6)c5)nc34)cc12. The fourth-order valence-electron chi connectivity index (χ4n) is 5.21. The number of alkyl halides is 2. The molecule has 2 N–H and O–H groups in total. The van der Waals surface area contributed by atoms with Crippen molar-refractivity contribution in [1.29, 1.82) is 0 Å². The Kier molecular flexibility index (Phi) is 5.44. The fraction of sp³-hybridized carbons (Fsp3) is 0.172. The average Bonchev–Trinajstić information content (AvgIpc) is 3.64. The molecule has 6 heterocycles. The van der Waals surface area contributed by atoms with Crippen molar-refractivity contribution in [3.63, 3.8) is 0 Å². The summed E-state index contributed by atoms with van der Waals surface area (Å²) in [5.41, 5.74) is 6.84. The highest BCUT2D eigenvalue weighted by Crippen LogP contribution is 2.34. The maximum absolute atomic E-state index is 14.6. The van der Waals surface area contributed by atoms with Crippen LogP contribution in [-0.2, 0) is 6.54 Å². The molecule has 1 saturated heterocycles. The van der Waals surface area contributed by atoms with Gasteiger partial charge in [0.25, 0.3) is 5.92 Å². The first kappa shape index (κ1) is 23.5. The van der Waals surface area contributed by atoms with E-state index in [4.69, 9.17) is 4.98 Å². The standard InChI is InChI=1S/C29H22F3N7/c30-21-4-2-1-3-19(21)26-20-12-25(35-23(20)7-9-34-26)28-27-24(37-38-28)6-5-22(36-27)18-11-17(13-33-14-18)15-39-10-8-29(31,32)16-39/h1-7,9,11-14,35H,8,10,15-16H2,(H,37,38). The Hall–Kier alpha value is -4.57. The van der Waals surface area contributed by atoms with Crippen LogP contribution in [0.1, 0.15) is 12.0 Å². The summed E-state index contributed by atoms with van der Waals surface area (Å²) < 4.78 is 41.8. The summed E-state index contributed by atoms with van der Waals surface area (Å²) in [6, 6.07) is 16.0. The third kappa shape index (κ3) is 4.32. The van der Waals surface area contributed by atoms with E-state index in [2.05, 4.69) is 25.1 Å². The topological polar surface area (TPSA) is 86.4 Å². The number of nitrogens with one attached hydrogen (secondary N) is 2. The Morgan fingerprint density at radius 3 is 2.72 bits per heavy atom. The number of rotatable bonds is 5. The number of halogens is 3. The predicted octanol–water partition coefficient (Wildman–Crippen LogP) is 6.21. The smallest absolute Gasteiger partial charge is 0.261 e. The molecule has 5 aromatic heterocycles. The van der Waals surface area contributed by atoms with Gasteiger partial charge in [0.05, 0.1) is 29.1 Å². The summed E-state index contributed by atoms with van der Waals surface area (Å²) in [5.74, 6) is -2.98. The van der Waals surface area contributed by atoms with Crippen LogP contribution >= 0.6 is 0 Å². The number of aromatic amines is 2. The highest BCUT2D eigenvalue weighted by molar-refractivity contribution is 5.99. The van der Waals surface area contributed by atoms with Crippen LogP contribution in [0.3, 0.4) is 0 Å². The summed E-state index contributed by atoms with van der Waals surface area (Å²) >= 11 is 0. The van der Waals surface area contributed by atoms with Crippen molar-refractivity contribution < 1.29 is 13.2 Å². The molecule has 0 aliphatic carbocycles. The molecule has 10 heteroatoms. The van der Waals surface area contributed by atoms with Crippen molar-refractivity contribution in [3.8, 4) is 33.9 Å². The molecule has 0 spiro atoms. The van der Waals surface area contributed by atoms with Crippen molar-refractivity contribution in [2.45, 2.75) is 18.9 Å². The Bertz CT molecular complexity index is 1840. The number of fused-ring (bicyclic) bond motifs is 2. The monoisotopic (exact) mass is 525 g/mol. The van der Waals surface area contributed by atoms with Gasteiger partial charge in [-0.1, -0.05) is 12.1 Å². The molecule has 0 saturated carbocycles. The highest BCUT2D eigenvalue weighted by atomic mass is 19.3. The van der Waals surface area contributed by atoms with E-state index in [1.807, 2.05) is 30.3 Å². The van der Waals surface area contributed by atoms with E-state index < -0.39 is 5.92 Å². The first-order valence-electron chi connectivity index (χ1n) is 12.6. The molecule has 6 aromatic rings. The summed E-state index contributed by atoms with van der Waals surface area (Å²) in [7, 11) is 0. The van der Waals surface area contributed by atoms with Gasteiger partial charge in [-0.05, 0) is 48.0 Å². The minimum absolute atomic E-state index is 0.118. The number of likely N-dealkylation sites (tertiary alicyclic amines) is 1. The number of benzene rings is 1. The van der Waals surface area contributed by atoms with E-state index in [1.165, 1.54) is 6.07 Å². The lowest BCUT2D eigenvalue weighted by atomic mass is 10.1. The van der Waals surface area contributed by atoms with Crippen LogP contribution < -0.4 is 0 Å².